The van der Waals surface area contributed by atoms with Crippen LogP contribution in [0.3, 0.4) is 0 Å². The molecule has 0 aromatic heterocycles. The Balaban J connectivity index is 1.84. The van der Waals surface area contributed by atoms with Gasteiger partial charge in [-0.05, 0) is 76.9 Å². The van der Waals surface area contributed by atoms with Crippen molar-refractivity contribution < 1.29 is 9.59 Å². The smallest absolute Gasteiger partial charge is 0.320 e. The van der Waals surface area contributed by atoms with Crippen molar-refractivity contribution in [2.45, 2.75) is 57.7 Å². The quantitative estimate of drug-likeness (QED) is 0.550. The van der Waals surface area contributed by atoms with Crippen molar-refractivity contribution in [3.05, 3.63) is 54.6 Å². The number of hydrogen-bond acceptors (Lipinski definition) is 4. The second kappa shape index (κ2) is 7.87. The molecular formula is C23H30N4O2. The topological polar surface area (TPSA) is 87.5 Å². The van der Waals surface area contributed by atoms with E-state index in [1.165, 1.54) is 4.90 Å². The van der Waals surface area contributed by atoms with Gasteiger partial charge in [-0.25, -0.2) is 0 Å². The molecule has 1 heterocycles. The lowest BCUT2D eigenvalue weighted by Crippen LogP contribution is -2.62. The molecule has 0 bridgehead atoms. The fraction of sp³-hybridized carbons (Fsp3) is 0.391. The van der Waals surface area contributed by atoms with Crippen LogP contribution in [0.2, 0.25) is 0 Å². The lowest BCUT2D eigenvalue weighted by molar-refractivity contribution is -0.138. The van der Waals surface area contributed by atoms with Crippen LogP contribution in [0, 0.1) is 0 Å². The molecule has 1 fully saturated rings. The van der Waals surface area contributed by atoms with E-state index < -0.39 is 11.8 Å². The summed E-state index contributed by atoms with van der Waals surface area (Å²) in [7, 11) is 0. The first-order valence-corrected chi connectivity index (χ1v) is 9.91. The van der Waals surface area contributed by atoms with E-state index in [0.717, 1.165) is 12.8 Å². The summed E-state index contributed by atoms with van der Waals surface area (Å²) in [5.41, 5.74) is 7.35. The highest BCUT2D eigenvalue weighted by Gasteiger charge is 2.39. The van der Waals surface area contributed by atoms with Crippen LogP contribution in [-0.4, -0.2) is 28.9 Å². The predicted octanol–water partition coefficient (Wildman–Crippen LogP) is 3.36. The molecule has 0 aliphatic carbocycles. The molecule has 1 aliphatic heterocycles. The first-order valence-electron chi connectivity index (χ1n) is 9.91. The van der Waals surface area contributed by atoms with Crippen LogP contribution in [-0.2, 0) is 9.59 Å². The van der Waals surface area contributed by atoms with Crippen molar-refractivity contribution in [2.24, 2.45) is 0 Å². The number of anilines is 3. The number of benzene rings is 2. The maximum Gasteiger partial charge on any atom is 0.320 e. The molecule has 4 N–H and O–H groups in total. The number of nitrogens with two attached hydrogens (primary N) is 1. The molecule has 2 aromatic carbocycles. The minimum absolute atomic E-state index is 0.0817. The summed E-state index contributed by atoms with van der Waals surface area (Å²) in [5.74, 6) is -1.22. The van der Waals surface area contributed by atoms with E-state index in [-0.39, 0.29) is 17.1 Å². The Morgan fingerprint density at radius 3 is 2.00 bits per heavy atom. The first kappa shape index (κ1) is 20.9. The van der Waals surface area contributed by atoms with E-state index in [2.05, 4.69) is 38.3 Å². The lowest BCUT2D eigenvalue weighted by Gasteiger charge is -2.46. The van der Waals surface area contributed by atoms with Crippen LogP contribution in [0.15, 0.2) is 54.6 Å². The highest BCUT2D eigenvalue weighted by atomic mass is 16.2. The van der Waals surface area contributed by atoms with Gasteiger partial charge in [-0.15, -0.1) is 0 Å². The molecule has 0 unspecified atom stereocenters. The van der Waals surface area contributed by atoms with Crippen molar-refractivity contribution in [3.63, 3.8) is 0 Å². The van der Waals surface area contributed by atoms with Gasteiger partial charge >= 0.3 is 11.8 Å². The molecule has 6 heteroatoms. The summed E-state index contributed by atoms with van der Waals surface area (Å²) >= 11 is 0. The summed E-state index contributed by atoms with van der Waals surface area (Å²) in [6, 6.07) is 16.0. The fourth-order valence-corrected chi connectivity index (χ4v) is 4.36. The van der Waals surface area contributed by atoms with E-state index in [1.807, 2.05) is 18.2 Å². The molecule has 29 heavy (non-hydrogen) atoms. The van der Waals surface area contributed by atoms with E-state index in [0.29, 0.717) is 17.1 Å². The molecule has 1 aliphatic rings. The van der Waals surface area contributed by atoms with Gasteiger partial charge in [0.2, 0.25) is 0 Å². The normalized spacial score (nSPS) is 18.1. The molecule has 154 valence electrons. The van der Waals surface area contributed by atoms with Crippen molar-refractivity contribution in [1.82, 2.24) is 10.6 Å². The molecule has 1 saturated heterocycles. The third kappa shape index (κ3) is 5.15. The standard InChI is InChI=1S/C23H30N4O2/c1-22(2)14-17(15-23(3,4)26-22)25-20(28)21(29)27(18-8-6-5-7-9-18)19-12-10-16(24)11-13-19/h5-13,17,26H,14-15,24H2,1-4H3,(H,25,28). The monoisotopic (exact) mass is 394 g/mol. The number of amides is 2. The largest absolute Gasteiger partial charge is 0.399 e. The summed E-state index contributed by atoms with van der Waals surface area (Å²) in [6.45, 7) is 8.44. The van der Waals surface area contributed by atoms with Crippen LogP contribution < -0.4 is 21.3 Å². The number of para-hydroxylation sites is 1. The van der Waals surface area contributed by atoms with Crippen LogP contribution in [0.25, 0.3) is 0 Å². The van der Waals surface area contributed by atoms with E-state index in [1.54, 1.807) is 36.4 Å². The first-order chi connectivity index (χ1) is 13.6. The van der Waals surface area contributed by atoms with Gasteiger partial charge in [-0.3, -0.25) is 14.5 Å². The fourth-order valence-electron chi connectivity index (χ4n) is 4.36. The molecular weight excluding hydrogens is 364 g/mol. The van der Waals surface area contributed by atoms with Crippen molar-refractivity contribution >= 4 is 28.9 Å². The molecule has 0 atom stereocenters. The Morgan fingerprint density at radius 2 is 1.45 bits per heavy atom. The molecule has 0 radical (unpaired) electrons. The highest BCUT2D eigenvalue weighted by molar-refractivity contribution is 6.42. The number of hydrogen-bond donors (Lipinski definition) is 3. The molecule has 2 amide bonds. The highest BCUT2D eigenvalue weighted by Crippen LogP contribution is 2.29. The van der Waals surface area contributed by atoms with Gasteiger partial charge in [0, 0.05) is 34.2 Å². The Morgan fingerprint density at radius 1 is 0.931 bits per heavy atom. The Labute approximate surface area is 172 Å². The van der Waals surface area contributed by atoms with Gasteiger partial charge in [0.15, 0.2) is 0 Å². The summed E-state index contributed by atoms with van der Waals surface area (Å²) in [5, 5.41) is 6.55. The van der Waals surface area contributed by atoms with E-state index in [4.69, 9.17) is 5.73 Å². The Bertz CT molecular complexity index is 860. The number of nitrogen functional groups attached to an aromatic ring is 1. The van der Waals surface area contributed by atoms with E-state index in [9.17, 15) is 9.59 Å². The van der Waals surface area contributed by atoms with Crippen LogP contribution in [0.4, 0.5) is 17.1 Å². The van der Waals surface area contributed by atoms with Gasteiger partial charge in [0.1, 0.15) is 0 Å². The Kier molecular flexibility index (Phi) is 5.66. The number of carbonyl (C=O) groups excluding carboxylic acids is 2. The Hall–Kier alpha value is -2.86. The number of nitrogens with zero attached hydrogens (tertiary/aromatic N) is 1. The lowest BCUT2D eigenvalue weighted by atomic mass is 9.79. The minimum atomic E-state index is -0.616. The van der Waals surface area contributed by atoms with Crippen molar-refractivity contribution in [1.29, 1.82) is 0 Å². The second-order valence-electron chi connectivity index (χ2n) is 9.04. The number of carbonyl (C=O) groups is 2. The zero-order chi connectivity index (χ0) is 21.2. The maximum atomic E-state index is 13.2. The van der Waals surface area contributed by atoms with Crippen LogP contribution >= 0.6 is 0 Å². The van der Waals surface area contributed by atoms with Crippen molar-refractivity contribution in [2.75, 3.05) is 10.6 Å². The number of piperidine rings is 1. The second-order valence-corrected chi connectivity index (χ2v) is 9.04. The number of nitrogens with one attached hydrogen (secondary N) is 2. The SMILES string of the molecule is CC1(C)CC(NC(=O)C(=O)N(c2ccccc2)c2ccc(N)cc2)CC(C)(C)N1. The predicted molar refractivity (Wildman–Crippen MR) is 117 cm³/mol. The van der Waals surface area contributed by atoms with Crippen LogP contribution in [0.5, 0.6) is 0 Å². The average molecular weight is 395 g/mol. The third-order valence-electron chi connectivity index (χ3n) is 5.09. The minimum Gasteiger partial charge on any atom is -0.399 e. The molecule has 0 saturated carbocycles. The van der Waals surface area contributed by atoms with E-state index >= 15 is 0 Å². The van der Waals surface area contributed by atoms with Gasteiger partial charge in [0.25, 0.3) is 0 Å². The van der Waals surface area contributed by atoms with Crippen molar-refractivity contribution in [3.8, 4) is 0 Å². The number of rotatable bonds is 3. The molecule has 6 nitrogen and oxygen atoms in total. The summed E-state index contributed by atoms with van der Waals surface area (Å²) < 4.78 is 0. The molecule has 3 rings (SSSR count). The van der Waals surface area contributed by atoms with Crippen LogP contribution in [0.1, 0.15) is 40.5 Å². The zero-order valence-electron chi connectivity index (χ0n) is 17.5. The molecule has 0 spiro atoms. The zero-order valence-corrected chi connectivity index (χ0v) is 17.5. The summed E-state index contributed by atoms with van der Waals surface area (Å²) in [4.78, 5) is 27.6. The molecule has 2 aromatic rings. The maximum absolute atomic E-state index is 13.2. The summed E-state index contributed by atoms with van der Waals surface area (Å²) in [6.07, 6.45) is 1.51. The third-order valence-corrected chi connectivity index (χ3v) is 5.09. The van der Waals surface area contributed by atoms with Gasteiger partial charge in [0.05, 0.1) is 0 Å². The average Bonchev–Trinajstić information content (AvgIpc) is 2.61. The van der Waals surface area contributed by atoms with Gasteiger partial charge in [-0.1, -0.05) is 18.2 Å². The van der Waals surface area contributed by atoms with Gasteiger partial charge in [-0.2, -0.15) is 0 Å². The van der Waals surface area contributed by atoms with Gasteiger partial charge < -0.3 is 16.4 Å².